The van der Waals surface area contributed by atoms with Gasteiger partial charge in [-0.05, 0) is 13.0 Å². The minimum absolute atomic E-state index is 0.102. The van der Waals surface area contributed by atoms with Crippen LogP contribution in [-0.4, -0.2) is 26.8 Å². The van der Waals surface area contributed by atoms with Crippen LogP contribution in [-0.2, 0) is 7.05 Å². The molecule has 0 radical (unpaired) electrons. The highest BCUT2D eigenvalue weighted by Gasteiger charge is 2.18. The van der Waals surface area contributed by atoms with Gasteiger partial charge in [-0.2, -0.15) is 10.2 Å². The maximum atomic E-state index is 12.0. The number of nitro groups is 1. The Morgan fingerprint density at radius 2 is 2.18 bits per heavy atom. The Morgan fingerprint density at radius 1 is 1.50 bits per heavy atom. The molecule has 2 rings (SSSR count). The van der Waals surface area contributed by atoms with Crippen LogP contribution in [0.2, 0.25) is 5.02 Å². The summed E-state index contributed by atoms with van der Waals surface area (Å²) >= 11 is 5.99. The maximum Gasteiger partial charge on any atom is 0.291 e. The molecular weight excluding hydrogens is 310 g/mol. The molecular formula is C13H12ClN5O3. The van der Waals surface area contributed by atoms with Gasteiger partial charge < -0.3 is 0 Å². The Morgan fingerprint density at radius 3 is 2.77 bits per heavy atom. The van der Waals surface area contributed by atoms with Crippen molar-refractivity contribution in [2.24, 2.45) is 12.1 Å². The lowest BCUT2D eigenvalue weighted by molar-refractivity contribution is -0.385. The molecule has 0 saturated heterocycles. The van der Waals surface area contributed by atoms with Gasteiger partial charge in [-0.15, -0.1) is 0 Å². The van der Waals surface area contributed by atoms with Gasteiger partial charge >= 0.3 is 0 Å². The molecule has 1 amide bonds. The number of hydrogen-bond donors (Lipinski definition) is 1. The van der Waals surface area contributed by atoms with Crippen molar-refractivity contribution >= 4 is 29.4 Å². The van der Waals surface area contributed by atoms with E-state index in [1.807, 2.05) is 0 Å². The van der Waals surface area contributed by atoms with Crippen molar-refractivity contribution in [2.45, 2.75) is 6.92 Å². The number of carbonyl (C=O) groups is 1. The molecule has 0 aliphatic rings. The van der Waals surface area contributed by atoms with E-state index in [2.05, 4.69) is 15.6 Å². The number of benzene rings is 1. The van der Waals surface area contributed by atoms with Gasteiger partial charge in [0.1, 0.15) is 5.69 Å². The molecule has 0 saturated carbocycles. The van der Waals surface area contributed by atoms with E-state index >= 15 is 0 Å². The lowest BCUT2D eigenvalue weighted by atomic mass is 10.2. The fourth-order valence-electron chi connectivity index (χ4n) is 1.86. The van der Waals surface area contributed by atoms with Gasteiger partial charge in [0, 0.05) is 13.1 Å². The average Bonchev–Trinajstić information content (AvgIpc) is 2.72. The third-order valence-electron chi connectivity index (χ3n) is 2.87. The number of nitrogens with zero attached hydrogens (tertiary/aromatic N) is 4. The summed E-state index contributed by atoms with van der Waals surface area (Å²) in [7, 11) is 1.58. The monoisotopic (exact) mass is 321 g/mol. The Bertz CT molecular complexity index is 769. The SMILES string of the molecule is Cc1nn(C)c(C(=O)N/N=C/c2ccccc2[N+](=O)[O-])c1Cl. The van der Waals surface area contributed by atoms with Crippen LogP contribution in [0, 0.1) is 17.0 Å². The van der Waals surface area contributed by atoms with Crippen LogP contribution < -0.4 is 5.43 Å². The Labute approximate surface area is 130 Å². The molecule has 2 aromatic rings. The van der Waals surface area contributed by atoms with Crippen LogP contribution >= 0.6 is 11.6 Å². The molecule has 22 heavy (non-hydrogen) atoms. The number of carbonyl (C=O) groups excluding carboxylic acids is 1. The van der Waals surface area contributed by atoms with Gasteiger partial charge in [0.25, 0.3) is 11.6 Å². The Kier molecular flexibility index (Phi) is 4.52. The molecule has 9 heteroatoms. The number of hydrogen-bond acceptors (Lipinski definition) is 5. The van der Waals surface area contributed by atoms with E-state index in [4.69, 9.17) is 11.6 Å². The van der Waals surface area contributed by atoms with Crippen molar-refractivity contribution in [3.63, 3.8) is 0 Å². The second-order valence-corrected chi connectivity index (χ2v) is 4.76. The van der Waals surface area contributed by atoms with Crippen LogP contribution in [0.1, 0.15) is 21.7 Å². The molecule has 1 aromatic heterocycles. The molecule has 0 aliphatic heterocycles. The highest BCUT2D eigenvalue weighted by molar-refractivity contribution is 6.34. The average molecular weight is 322 g/mol. The van der Waals surface area contributed by atoms with Crippen LogP contribution in [0.4, 0.5) is 5.69 Å². The summed E-state index contributed by atoms with van der Waals surface area (Å²) in [5.41, 5.74) is 3.14. The zero-order chi connectivity index (χ0) is 16.3. The summed E-state index contributed by atoms with van der Waals surface area (Å²) in [6, 6.07) is 6.06. The minimum atomic E-state index is -0.553. The topological polar surface area (TPSA) is 102 Å². The number of para-hydroxylation sites is 1. The first kappa shape index (κ1) is 15.6. The molecule has 0 unspecified atom stereocenters. The van der Waals surface area contributed by atoms with Gasteiger partial charge in [-0.25, -0.2) is 5.43 Å². The number of nitro benzene ring substituents is 1. The summed E-state index contributed by atoms with van der Waals surface area (Å²) in [4.78, 5) is 22.3. The van der Waals surface area contributed by atoms with Crippen molar-refractivity contribution in [1.82, 2.24) is 15.2 Å². The highest BCUT2D eigenvalue weighted by Crippen LogP contribution is 2.19. The molecule has 8 nitrogen and oxygen atoms in total. The second-order valence-electron chi connectivity index (χ2n) is 4.39. The summed E-state index contributed by atoms with van der Waals surface area (Å²) in [6.45, 7) is 1.68. The zero-order valence-corrected chi connectivity index (χ0v) is 12.5. The van der Waals surface area contributed by atoms with Crippen molar-refractivity contribution in [3.05, 3.63) is 56.4 Å². The molecule has 0 aliphatic carbocycles. The number of hydrazone groups is 1. The third-order valence-corrected chi connectivity index (χ3v) is 3.32. The van der Waals surface area contributed by atoms with Gasteiger partial charge in [0.15, 0.2) is 0 Å². The lowest BCUT2D eigenvalue weighted by Crippen LogP contribution is -2.21. The molecule has 0 atom stereocenters. The molecule has 114 valence electrons. The van der Waals surface area contributed by atoms with Gasteiger partial charge in [-0.3, -0.25) is 19.6 Å². The van der Waals surface area contributed by atoms with E-state index in [0.29, 0.717) is 5.69 Å². The van der Waals surface area contributed by atoms with Gasteiger partial charge in [-0.1, -0.05) is 23.7 Å². The summed E-state index contributed by atoms with van der Waals surface area (Å²) < 4.78 is 1.34. The summed E-state index contributed by atoms with van der Waals surface area (Å²) in [5.74, 6) is -0.553. The normalized spacial score (nSPS) is 10.9. The smallest absolute Gasteiger partial charge is 0.266 e. The van der Waals surface area contributed by atoms with Gasteiger partial charge in [0.05, 0.1) is 27.4 Å². The first-order valence-electron chi connectivity index (χ1n) is 6.17. The first-order chi connectivity index (χ1) is 10.4. The number of aryl methyl sites for hydroxylation is 2. The summed E-state index contributed by atoms with van der Waals surface area (Å²) in [5, 5.41) is 18.8. The second kappa shape index (κ2) is 6.35. The standard InChI is InChI=1S/C13H12ClN5O3/c1-8-11(14)12(18(2)17-8)13(20)16-15-7-9-5-3-4-6-10(9)19(21)22/h3-7H,1-2H3,(H,16,20)/b15-7+. The predicted octanol–water partition coefficient (Wildman–Crippen LogP) is 2.05. The predicted molar refractivity (Wildman–Crippen MR) is 81.1 cm³/mol. The van der Waals surface area contributed by atoms with Crippen LogP contribution in [0.3, 0.4) is 0 Å². The fraction of sp³-hybridized carbons (Fsp3) is 0.154. The third kappa shape index (κ3) is 3.12. The summed E-state index contributed by atoms with van der Waals surface area (Å²) in [6.07, 6.45) is 1.20. The largest absolute Gasteiger partial charge is 0.291 e. The van der Waals surface area contributed by atoms with E-state index in [9.17, 15) is 14.9 Å². The number of aromatic nitrogens is 2. The lowest BCUT2D eigenvalue weighted by Gasteiger charge is -2.01. The fourth-order valence-corrected chi connectivity index (χ4v) is 2.10. The molecule has 0 spiro atoms. The Balaban J connectivity index is 2.16. The Hall–Kier alpha value is -2.74. The van der Waals surface area contributed by atoms with E-state index in [1.165, 1.54) is 23.0 Å². The molecule has 0 fully saturated rings. The van der Waals surface area contributed by atoms with Crippen molar-refractivity contribution in [1.29, 1.82) is 0 Å². The molecule has 0 bridgehead atoms. The maximum absolute atomic E-state index is 12.0. The van der Waals surface area contributed by atoms with Crippen molar-refractivity contribution < 1.29 is 9.72 Å². The number of rotatable bonds is 4. The molecule has 1 N–H and O–H groups in total. The van der Waals surface area contributed by atoms with Crippen molar-refractivity contribution in [3.8, 4) is 0 Å². The van der Waals surface area contributed by atoms with Crippen LogP contribution in [0.25, 0.3) is 0 Å². The first-order valence-corrected chi connectivity index (χ1v) is 6.55. The van der Waals surface area contributed by atoms with Gasteiger partial charge in [0.2, 0.25) is 0 Å². The number of nitrogens with one attached hydrogen (secondary N) is 1. The minimum Gasteiger partial charge on any atom is -0.266 e. The van der Waals surface area contributed by atoms with E-state index in [-0.39, 0.29) is 22.0 Å². The van der Waals surface area contributed by atoms with Crippen LogP contribution in [0.5, 0.6) is 0 Å². The van der Waals surface area contributed by atoms with Crippen molar-refractivity contribution in [2.75, 3.05) is 0 Å². The molecule has 1 aromatic carbocycles. The van der Waals surface area contributed by atoms with E-state index < -0.39 is 10.8 Å². The van der Waals surface area contributed by atoms with Crippen LogP contribution in [0.15, 0.2) is 29.4 Å². The van der Waals surface area contributed by atoms with E-state index in [1.54, 1.807) is 26.1 Å². The quantitative estimate of drug-likeness (QED) is 0.529. The number of amides is 1. The number of halogens is 1. The van der Waals surface area contributed by atoms with E-state index in [0.717, 1.165) is 0 Å². The zero-order valence-electron chi connectivity index (χ0n) is 11.8. The highest BCUT2D eigenvalue weighted by atomic mass is 35.5. The molecule has 1 heterocycles.